The van der Waals surface area contributed by atoms with E-state index in [-0.39, 0.29) is 41.0 Å². The zero-order valence-electron chi connectivity index (χ0n) is 17.7. The molecule has 9 atom stereocenters. The second-order valence-corrected chi connectivity index (χ2v) is 10.8. The highest BCUT2D eigenvalue weighted by atomic mass is 16.4. The van der Waals surface area contributed by atoms with E-state index in [4.69, 9.17) is 4.42 Å². The van der Waals surface area contributed by atoms with Gasteiger partial charge in [-0.2, -0.15) is 0 Å². The summed E-state index contributed by atoms with van der Waals surface area (Å²) < 4.78 is 5.06. The molecule has 0 bridgehead atoms. The number of fused-ring (bicyclic) bond motifs is 5. The lowest BCUT2D eigenvalue weighted by Gasteiger charge is -2.64. The Hall–Kier alpha value is -1.50. The summed E-state index contributed by atoms with van der Waals surface area (Å²) in [7, 11) is 0. The summed E-state index contributed by atoms with van der Waals surface area (Å²) in [6, 6.07) is 3.03. The molecule has 0 aromatic carbocycles. The summed E-state index contributed by atoms with van der Waals surface area (Å²) in [5.74, 6) is -0.769. The van der Waals surface area contributed by atoms with Crippen LogP contribution in [-0.2, 0) is 4.79 Å². The molecule has 0 saturated heterocycles. The average molecular weight is 417 g/mol. The van der Waals surface area contributed by atoms with Gasteiger partial charge in [0.05, 0.1) is 23.4 Å². The summed E-state index contributed by atoms with van der Waals surface area (Å²) in [5, 5.41) is 33.7. The highest BCUT2D eigenvalue weighted by Crippen LogP contribution is 2.69. The molecule has 164 valence electrons. The molecule has 6 heteroatoms. The van der Waals surface area contributed by atoms with Crippen molar-refractivity contribution in [3.63, 3.8) is 0 Å². The fourth-order valence-corrected chi connectivity index (χ4v) is 8.13. The number of ketones is 1. The Kier molecular flexibility index (Phi) is 4.42. The molecule has 4 fully saturated rings. The molecule has 4 aliphatic carbocycles. The molecule has 1 aromatic heterocycles. The Bertz CT molecular complexity index is 904. The van der Waals surface area contributed by atoms with Crippen molar-refractivity contribution in [2.75, 3.05) is 0 Å². The lowest BCUT2D eigenvalue weighted by atomic mass is 9.42. The van der Waals surface area contributed by atoms with Crippen LogP contribution in [-0.4, -0.2) is 38.9 Å². The number of aliphatic hydroxyl groups excluding tert-OH is 2. The van der Waals surface area contributed by atoms with Crippen LogP contribution in [0.5, 0.6) is 0 Å². The zero-order valence-corrected chi connectivity index (χ0v) is 17.7. The molecule has 4 saturated carbocycles. The maximum Gasteiger partial charge on any atom is 0.335 e. The minimum Gasteiger partial charge on any atom is -0.431 e. The lowest BCUT2D eigenvalue weighted by molar-refractivity contribution is -0.228. The number of rotatable bonds is 1. The lowest BCUT2D eigenvalue weighted by Crippen LogP contribution is -2.70. The molecule has 1 heterocycles. The van der Waals surface area contributed by atoms with Gasteiger partial charge in [-0.25, -0.2) is 4.79 Å². The van der Waals surface area contributed by atoms with Crippen LogP contribution in [0.3, 0.4) is 0 Å². The van der Waals surface area contributed by atoms with Crippen molar-refractivity contribution in [2.45, 2.75) is 82.5 Å². The minimum atomic E-state index is -1.20. The van der Waals surface area contributed by atoms with E-state index in [9.17, 15) is 24.9 Å². The Morgan fingerprint density at radius 3 is 2.50 bits per heavy atom. The predicted molar refractivity (Wildman–Crippen MR) is 109 cm³/mol. The van der Waals surface area contributed by atoms with Crippen molar-refractivity contribution in [1.82, 2.24) is 0 Å². The van der Waals surface area contributed by atoms with Gasteiger partial charge in [0, 0.05) is 17.9 Å². The van der Waals surface area contributed by atoms with Gasteiger partial charge in [-0.05, 0) is 80.8 Å². The monoisotopic (exact) mass is 416 g/mol. The summed E-state index contributed by atoms with van der Waals surface area (Å²) >= 11 is 0. The Morgan fingerprint density at radius 2 is 1.80 bits per heavy atom. The maximum absolute atomic E-state index is 13.8. The van der Waals surface area contributed by atoms with Crippen LogP contribution < -0.4 is 5.63 Å². The van der Waals surface area contributed by atoms with E-state index in [0.29, 0.717) is 25.7 Å². The van der Waals surface area contributed by atoms with Crippen LogP contribution in [0.4, 0.5) is 0 Å². The van der Waals surface area contributed by atoms with Gasteiger partial charge < -0.3 is 19.7 Å². The largest absolute Gasteiger partial charge is 0.431 e. The first-order valence-corrected chi connectivity index (χ1v) is 11.3. The normalized spacial score (nSPS) is 50.5. The van der Waals surface area contributed by atoms with Gasteiger partial charge in [-0.1, -0.05) is 6.92 Å². The summed E-state index contributed by atoms with van der Waals surface area (Å²) in [5.41, 5.74) is -2.29. The summed E-state index contributed by atoms with van der Waals surface area (Å²) in [4.78, 5) is 25.2. The van der Waals surface area contributed by atoms with Gasteiger partial charge in [-0.3, -0.25) is 4.79 Å². The average Bonchev–Trinajstić information content (AvgIpc) is 3.00. The molecule has 0 unspecified atom stereocenters. The summed E-state index contributed by atoms with van der Waals surface area (Å²) in [6.07, 6.45) is 4.88. The fourth-order valence-electron chi connectivity index (χ4n) is 8.13. The number of carbonyl (C=O) groups excluding carboxylic acids is 1. The Labute approximate surface area is 176 Å². The van der Waals surface area contributed by atoms with Crippen LogP contribution in [0, 0.1) is 28.6 Å². The standard InChI is InChI=1S/C24H32O6/c1-22-9-7-15(25)11-14(22)4-5-17-19(22)20(27)21(28)23(2)16(8-10-24(17,23)29)13-3-6-18(26)30-12-13/h3,6,12,14-17,19-20,25,27,29H,4-5,7-11H2,1-2H3/t14-,15-,16-,17+,19+,20-,22-,23+,24-/m0/s1. The molecule has 6 nitrogen and oxygen atoms in total. The highest BCUT2D eigenvalue weighted by molar-refractivity contribution is 5.93. The van der Waals surface area contributed by atoms with E-state index < -0.39 is 22.7 Å². The first kappa shape index (κ1) is 20.4. The molecule has 1 aromatic rings. The van der Waals surface area contributed by atoms with Gasteiger partial charge in [0.2, 0.25) is 0 Å². The first-order chi connectivity index (χ1) is 14.1. The topological polar surface area (TPSA) is 108 Å². The number of Topliss-reactive ketones (excluding diaryl/α,β-unsaturated/α-hetero) is 1. The molecule has 0 radical (unpaired) electrons. The smallest absolute Gasteiger partial charge is 0.335 e. The second-order valence-electron chi connectivity index (χ2n) is 10.8. The van der Waals surface area contributed by atoms with Crippen molar-refractivity contribution in [1.29, 1.82) is 0 Å². The Morgan fingerprint density at radius 1 is 1.03 bits per heavy atom. The first-order valence-electron chi connectivity index (χ1n) is 11.3. The van der Waals surface area contributed by atoms with Gasteiger partial charge in [-0.15, -0.1) is 0 Å². The third kappa shape index (κ3) is 2.41. The molecule has 3 N–H and O–H groups in total. The summed E-state index contributed by atoms with van der Waals surface area (Å²) in [6.45, 7) is 3.96. The van der Waals surface area contributed by atoms with E-state index in [0.717, 1.165) is 24.8 Å². The third-order valence-electron chi connectivity index (χ3n) is 9.80. The van der Waals surface area contributed by atoms with Crippen LogP contribution in [0.2, 0.25) is 0 Å². The zero-order chi connectivity index (χ0) is 21.5. The quantitative estimate of drug-likeness (QED) is 0.649. The van der Waals surface area contributed by atoms with Crippen molar-refractivity contribution in [3.8, 4) is 0 Å². The van der Waals surface area contributed by atoms with E-state index in [1.807, 2.05) is 0 Å². The van der Waals surface area contributed by atoms with Gasteiger partial charge in [0.1, 0.15) is 6.10 Å². The van der Waals surface area contributed by atoms with Crippen molar-refractivity contribution >= 4 is 5.78 Å². The fraction of sp³-hybridized carbons (Fsp3) is 0.750. The number of hydrogen-bond donors (Lipinski definition) is 3. The van der Waals surface area contributed by atoms with E-state index in [1.165, 1.54) is 12.3 Å². The predicted octanol–water partition coefficient (Wildman–Crippen LogP) is 2.39. The molecular weight excluding hydrogens is 384 g/mol. The molecule has 0 amide bonds. The molecular formula is C24H32O6. The van der Waals surface area contributed by atoms with Crippen molar-refractivity contribution in [2.24, 2.45) is 28.6 Å². The number of carbonyl (C=O) groups is 1. The third-order valence-corrected chi connectivity index (χ3v) is 9.80. The van der Waals surface area contributed by atoms with Crippen LogP contribution in [0.1, 0.15) is 70.3 Å². The number of hydrogen-bond acceptors (Lipinski definition) is 6. The van der Waals surface area contributed by atoms with Gasteiger partial charge in [0.15, 0.2) is 5.78 Å². The van der Waals surface area contributed by atoms with Gasteiger partial charge >= 0.3 is 5.63 Å². The van der Waals surface area contributed by atoms with Crippen LogP contribution in [0.25, 0.3) is 0 Å². The second kappa shape index (κ2) is 6.50. The van der Waals surface area contributed by atoms with Gasteiger partial charge in [0.25, 0.3) is 0 Å². The Balaban J connectivity index is 1.58. The van der Waals surface area contributed by atoms with Crippen LogP contribution in [0.15, 0.2) is 27.6 Å². The van der Waals surface area contributed by atoms with E-state index in [2.05, 4.69) is 6.92 Å². The molecule has 30 heavy (non-hydrogen) atoms. The van der Waals surface area contributed by atoms with E-state index >= 15 is 0 Å². The van der Waals surface area contributed by atoms with Crippen LogP contribution >= 0.6 is 0 Å². The maximum atomic E-state index is 13.8. The minimum absolute atomic E-state index is 0.160. The molecule has 4 aliphatic rings. The number of aliphatic hydroxyl groups is 3. The van der Waals surface area contributed by atoms with Crippen molar-refractivity contribution < 1.29 is 24.5 Å². The molecule has 5 rings (SSSR count). The van der Waals surface area contributed by atoms with E-state index in [1.54, 1.807) is 13.0 Å². The SMILES string of the molecule is C[C@]12CC[C@H](O)C[C@@H]1CC[C@@H]1[C@@H]2[C@H](O)C(=O)[C@@]2(C)[C@H](c3ccc(=O)oc3)CC[C@]12O. The highest BCUT2D eigenvalue weighted by Gasteiger charge is 2.73. The van der Waals surface area contributed by atoms with Crippen molar-refractivity contribution in [3.05, 3.63) is 34.4 Å². The molecule has 0 spiro atoms. The molecule has 0 aliphatic heterocycles.